The fourth-order valence-electron chi connectivity index (χ4n) is 2.82. The van der Waals surface area contributed by atoms with Gasteiger partial charge in [0.2, 0.25) is 0 Å². The van der Waals surface area contributed by atoms with Crippen molar-refractivity contribution in [2.24, 2.45) is 0 Å². The smallest absolute Gasteiger partial charge is 0.251 e. The van der Waals surface area contributed by atoms with Crippen LogP contribution in [-0.2, 0) is 0 Å². The van der Waals surface area contributed by atoms with E-state index in [1.807, 2.05) is 19.1 Å². The number of hydrogen-bond acceptors (Lipinski definition) is 5. The topological polar surface area (TPSA) is 74.2 Å². The molecule has 3 N–H and O–H groups in total. The van der Waals surface area contributed by atoms with Gasteiger partial charge in [-0.15, -0.1) is 11.3 Å². The van der Waals surface area contributed by atoms with Gasteiger partial charge in [0, 0.05) is 12.1 Å². The van der Waals surface area contributed by atoms with Crippen LogP contribution in [0.25, 0.3) is 10.2 Å². The van der Waals surface area contributed by atoms with E-state index in [0.717, 1.165) is 34.7 Å². The van der Waals surface area contributed by atoms with Crippen LogP contribution in [0.4, 0.5) is 0 Å². The predicted molar refractivity (Wildman–Crippen MR) is 88.4 cm³/mol. The molecule has 1 atom stereocenters. The molecule has 0 aliphatic carbocycles. The van der Waals surface area contributed by atoms with Crippen molar-refractivity contribution in [2.75, 3.05) is 19.6 Å². The molecule has 2 heterocycles. The molecule has 1 saturated heterocycles. The highest BCUT2D eigenvalue weighted by Crippen LogP contribution is 2.23. The summed E-state index contributed by atoms with van der Waals surface area (Å²) in [4.78, 5) is 16.7. The molecule has 22 heavy (non-hydrogen) atoms. The number of nitrogens with zero attached hydrogens (tertiary/aromatic N) is 1. The maximum atomic E-state index is 12.3. The van der Waals surface area contributed by atoms with Crippen LogP contribution in [0, 0.1) is 6.92 Å². The molecular formula is C16H21N3O2S. The first-order valence-electron chi connectivity index (χ1n) is 7.64. The van der Waals surface area contributed by atoms with E-state index in [9.17, 15) is 9.90 Å². The second-order valence-corrected chi connectivity index (χ2v) is 7.16. The van der Waals surface area contributed by atoms with Gasteiger partial charge in [-0.1, -0.05) is 0 Å². The molecule has 1 aromatic carbocycles. The van der Waals surface area contributed by atoms with Crippen molar-refractivity contribution in [3.05, 3.63) is 28.8 Å². The molecule has 5 nitrogen and oxygen atoms in total. The number of carbonyl (C=O) groups is 1. The van der Waals surface area contributed by atoms with Gasteiger partial charge in [0.25, 0.3) is 5.91 Å². The summed E-state index contributed by atoms with van der Waals surface area (Å²) in [5.41, 5.74) is 0.740. The fourth-order valence-corrected chi connectivity index (χ4v) is 3.68. The maximum absolute atomic E-state index is 12.3. The lowest BCUT2D eigenvalue weighted by Gasteiger charge is -2.26. The Labute approximate surface area is 133 Å². The zero-order chi connectivity index (χ0) is 15.6. The molecule has 1 aliphatic rings. The number of thiazole rings is 1. The summed E-state index contributed by atoms with van der Waals surface area (Å²) >= 11 is 1.58. The van der Waals surface area contributed by atoms with E-state index in [1.54, 1.807) is 17.4 Å². The number of nitrogens with one attached hydrogen (secondary N) is 2. The van der Waals surface area contributed by atoms with Gasteiger partial charge in [0.15, 0.2) is 0 Å². The third-order valence-electron chi connectivity index (χ3n) is 4.10. The van der Waals surface area contributed by atoms with Gasteiger partial charge in [-0.3, -0.25) is 4.79 Å². The number of benzene rings is 1. The Morgan fingerprint density at radius 3 is 3.18 bits per heavy atom. The highest BCUT2D eigenvalue weighted by Gasteiger charge is 2.28. The summed E-state index contributed by atoms with van der Waals surface area (Å²) in [6, 6.07) is 5.53. The number of hydrogen-bond donors (Lipinski definition) is 3. The Balaban J connectivity index is 1.67. The van der Waals surface area contributed by atoms with E-state index in [2.05, 4.69) is 15.6 Å². The molecule has 2 aromatic rings. The van der Waals surface area contributed by atoms with Crippen LogP contribution in [0.3, 0.4) is 0 Å². The number of carbonyl (C=O) groups excluding carboxylic acids is 1. The molecular weight excluding hydrogens is 298 g/mol. The Kier molecular flexibility index (Phi) is 4.42. The van der Waals surface area contributed by atoms with Gasteiger partial charge in [0.05, 0.1) is 20.8 Å². The fraction of sp³-hybridized carbons (Fsp3) is 0.500. The number of rotatable bonds is 3. The summed E-state index contributed by atoms with van der Waals surface area (Å²) in [7, 11) is 0. The Morgan fingerprint density at radius 1 is 1.45 bits per heavy atom. The van der Waals surface area contributed by atoms with Gasteiger partial charge in [0.1, 0.15) is 0 Å². The van der Waals surface area contributed by atoms with E-state index in [4.69, 9.17) is 0 Å². The molecule has 1 fully saturated rings. The zero-order valence-corrected chi connectivity index (χ0v) is 13.5. The number of aliphatic hydroxyl groups is 1. The summed E-state index contributed by atoms with van der Waals surface area (Å²) in [6.45, 7) is 3.98. The van der Waals surface area contributed by atoms with Crippen LogP contribution in [0.2, 0.25) is 0 Å². The lowest BCUT2D eigenvalue weighted by atomic mass is 9.95. The highest BCUT2D eigenvalue weighted by molar-refractivity contribution is 7.18. The second-order valence-electron chi connectivity index (χ2n) is 5.93. The van der Waals surface area contributed by atoms with Gasteiger partial charge >= 0.3 is 0 Å². The van der Waals surface area contributed by atoms with Crippen molar-refractivity contribution >= 4 is 27.5 Å². The zero-order valence-electron chi connectivity index (χ0n) is 12.7. The van der Waals surface area contributed by atoms with Crippen LogP contribution in [0.5, 0.6) is 0 Å². The largest absolute Gasteiger partial charge is 0.388 e. The molecule has 0 spiro atoms. The minimum Gasteiger partial charge on any atom is -0.388 e. The summed E-state index contributed by atoms with van der Waals surface area (Å²) in [5, 5.41) is 17.7. The second kappa shape index (κ2) is 6.32. The number of aryl methyl sites for hydroxylation is 1. The summed E-state index contributed by atoms with van der Waals surface area (Å²) < 4.78 is 1.02. The van der Waals surface area contributed by atoms with Crippen molar-refractivity contribution in [1.82, 2.24) is 15.6 Å². The molecule has 3 rings (SSSR count). The average Bonchev–Trinajstić information content (AvgIpc) is 2.73. The third-order valence-corrected chi connectivity index (χ3v) is 5.03. The standard InChI is InChI=1S/C16H21N3O2S/c1-11-19-13-4-3-12(9-14(13)22-11)15(20)18-10-16(21)5-2-7-17-8-6-16/h3-4,9,17,21H,2,5-8,10H2,1H3,(H,18,20)/t16-/m0/s1. The van der Waals surface area contributed by atoms with Crippen molar-refractivity contribution in [1.29, 1.82) is 0 Å². The van der Waals surface area contributed by atoms with Crippen LogP contribution in [-0.4, -0.2) is 41.2 Å². The normalized spacial score (nSPS) is 22.5. The summed E-state index contributed by atoms with van der Waals surface area (Å²) in [5.74, 6) is -0.140. The molecule has 1 aliphatic heterocycles. The molecule has 0 bridgehead atoms. The molecule has 6 heteroatoms. The first kappa shape index (κ1) is 15.4. The first-order valence-corrected chi connectivity index (χ1v) is 8.46. The lowest BCUT2D eigenvalue weighted by molar-refractivity contribution is 0.0276. The molecule has 0 radical (unpaired) electrons. The molecule has 118 valence electrons. The van der Waals surface area contributed by atoms with Crippen molar-refractivity contribution < 1.29 is 9.90 Å². The van der Waals surface area contributed by atoms with Crippen LogP contribution >= 0.6 is 11.3 Å². The van der Waals surface area contributed by atoms with Crippen LogP contribution in [0.1, 0.15) is 34.6 Å². The molecule has 1 amide bonds. The minimum absolute atomic E-state index is 0.140. The van der Waals surface area contributed by atoms with Gasteiger partial charge in [-0.05, 0) is 57.5 Å². The van der Waals surface area contributed by atoms with Crippen molar-refractivity contribution in [3.8, 4) is 0 Å². The van der Waals surface area contributed by atoms with Crippen LogP contribution < -0.4 is 10.6 Å². The maximum Gasteiger partial charge on any atom is 0.251 e. The number of amides is 1. The van der Waals surface area contributed by atoms with E-state index in [0.29, 0.717) is 24.9 Å². The highest BCUT2D eigenvalue weighted by atomic mass is 32.1. The monoisotopic (exact) mass is 319 g/mol. The van der Waals surface area contributed by atoms with Crippen molar-refractivity contribution in [3.63, 3.8) is 0 Å². The predicted octanol–water partition coefficient (Wildman–Crippen LogP) is 1.84. The Hall–Kier alpha value is -1.50. The first-order chi connectivity index (χ1) is 10.6. The molecule has 1 aromatic heterocycles. The third kappa shape index (κ3) is 3.45. The lowest BCUT2D eigenvalue weighted by Crippen LogP contribution is -2.43. The number of aromatic nitrogens is 1. The van der Waals surface area contributed by atoms with Gasteiger partial charge < -0.3 is 15.7 Å². The quantitative estimate of drug-likeness (QED) is 0.807. The van der Waals surface area contributed by atoms with E-state index in [1.165, 1.54) is 0 Å². The molecule has 0 unspecified atom stereocenters. The van der Waals surface area contributed by atoms with Gasteiger partial charge in [-0.25, -0.2) is 4.98 Å². The SMILES string of the molecule is Cc1nc2ccc(C(=O)NC[C@]3(O)CCCNCC3)cc2s1. The average molecular weight is 319 g/mol. The van der Waals surface area contributed by atoms with Gasteiger partial charge in [-0.2, -0.15) is 0 Å². The Morgan fingerprint density at radius 2 is 2.32 bits per heavy atom. The van der Waals surface area contributed by atoms with E-state index in [-0.39, 0.29) is 5.91 Å². The van der Waals surface area contributed by atoms with E-state index >= 15 is 0 Å². The Bertz CT molecular complexity index is 675. The van der Waals surface area contributed by atoms with Crippen molar-refractivity contribution in [2.45, 2.75) is 31.8 Å². The summed E-state index contributed by atoms with van der Waals surface area (Å²) in [6.07, 6.45) is 2.31. The molecule has 0 saturated carbocycles. The van der Waals surface area contributed by atoms with E-state index < -0.39 is 5.60 Å². The van der Waals surface area contributed by atoms with Crippen LogP contribution in [0.15, 0.2) is 18.2 Å². The minimum atomic E-state index is -0.801. The number of fused-ring (bicyclic) bond motifs is 1.